The van der Waals surface area contributed by atoms with E-state index in [0.717, 1.165) is 5.76 Å². The fraction of sp³-hybridized carbons (Fsp3) is 0.0909. The van der Waals surface area contributed by atoms with Crippen LogP contribution in [0.25, 0.3) is 6.08 Å². The summed E-state index contributed by atoms with van der Waals surface area (Å²) in [5, 5.41) is 0. The van der Waals surface area contributed by atoms with Crippen molar-refractivity contribution in [2.75, 3.05) is 0 Å². The van der Waals surface area contributed by atoms with Crippen molar-refractivity contribution in [2.45, 2.75) is 13.8 Å². The molecule has 0 aliphatic carbocycles. The molecule has 28 heavy (non-hydrogen) atoms. The first-order valence-corrected chi connectivity index (χ1v) is 9.34. The Kier molecular flexibility index (Phi) is 4.65. The highest BCUT2D eigenvalue weighted by Crippen LogP contribution is 2.38. The predicted octanol–water partition coefficient (Wildman–Crippen LogP) is 5.49. The van der Waals surface area contributed by atoms with Gasteiger partial charge in [0.15, 0.2) is 5.76 Å². The lowest BCUT2D eigenvalue weighted by Gasteiger charge is -2.08. The van der Waals surface area contributed by atoms with Crippen LogP contribution in [0.1, 0.15) is 37.8 Å². The Labute approximate surface area is 169 Å². The Balaban J connectivity index is 1.62. The molecule has 3 aromatic rings. The van der Waals surface area contributed by atoms with Crippen molar-refractivity contribution >= 4 is 33.8 Å². The molecule has 5 nitrogen and oxygen atoms in total. The molecule has 0 bridgehead atoms. The van der Waals surface area contributed by atoms with Crippen molar-refractivity contribution in [2.24, 2.45) is 0 Å². The third-order valence-electron chi connectivity index (χ3n) is 4.28. The molecule has 1 aliphatic heterocycles. The zero-order valence-corrected chi connectivity index (χ0v) is 16.7. The van der Waals surface area contributed by atoms with Gasteiger partial charge in [-0.2, -0.15) is 0 Å². The van der Waals surface area contributed by atoms with Crippen LogP contribution in [0, 0.1) is 13.8 Å². The number of rotatable bonds is 3. The Morgan fingerprint density at radius 2 is 1.89 bits per heavy atom. The average Bonchev–Trinajstić information content (AvgIpc) is 3.19. The van der Waals surface area contributed by atoms with E-state index in [1.165, 1.54) is 0 Å². The minimum Gasteiger partial charge on any atom is -0.462 e. The fourth-order valence-corrected chi connectivity index (χ4v) is 3.43. The zero-order chi connectivity index (χ0) is 19.8. The van der Waals surface area contributed by atoms with Crippen molar-refractivity contribution < 1.29 is 23.5 Å². The number of ether oxygens (including phenoxy) is 2. The van der Waals surface area contributed by atoms with Crippen LogP contribution in [-0.2, 0) is 0 Å². The smallest absolute Gasteiger partial charge is 0.344 e. The molecule has 1 aliphatic rings. The van der Waals surface area contributed by atoms with Crippen LogP contribution in [0.2, 0.25) is 0 Å². The summed E-state index contributed by atoms with van der Waals surface area (Å²) in [7, 11) is 0. The monoisotopic (exact) mass is 438 g/mol. The van der Waals surface area contributed by atoms with Gasteiger partial charge in [-0.25, -0.2) is 4.79 Å². The normalized spacial score (nSPS) is 14.1. The van der Waals surface area contributed by atoms with Gasteiger partial charge < -0.3 is 13.9 Å². The fourth-order valence-electron chi connectivity index (χ4n) is 2.99. The minimum atomic E-state index is -0.502. The van der Waals surface area contributed by atoms with Gasteiger partial charge in [-0.1, -0.05) is 12.1 Å². The summed E-state index contributed by atoms with van der Waals surface area (Å²) < 4.78 is 17.3. The zero-order valence-electron chi connectivity index (χ0n) is 15.1. The Morgan fingerprint density at radius 1 is 1.11 bits per heavy atom. The SMILES string of the molecule is Cc1ccc(/C=C2\Oc3cc(OC(=O)c4ccccc4Br)cc(C)c3C2=O)o1. The molecular weight excluding hydrogens is 424 g/mol. The van der Waals surface area contributed by atoms with Gasteiger partial charge in [-0.3, -0.25) is 4.79 Å². The first-order valence-electron chi connectivity index (χ1n) is 8.54. The lowest BCUT2D eigenvalue weighted by Crippen LogP contribution is -2.09. The molecule has 0 saturated heterocycles. The number of halogens is 1. The number of fused-ring (bicyclic) bond motifs is 1. The second-order valence-corrected chi connectivity index (χ2v) is 7.23. The van der Waals surface area contributed by atoms with Crippen LogP contribution in [0.5, 0.6) is 11.5 Å². The summed E-state index contributed by atoms with van der Waals surface area (Å²) in [6.07, 6.45) is 1.56. The van der Waals surface area contributed by atoms with E-state index in [-0.39, 0.29) is 11.5 Å². The van der Waals surface area contributed by atoms with Gasteiger partial charge >= 0.3 is 5.97 Å². The summed E-state index contributed by atoms with van der Waals surface area (Å²) in [5.41, 5.74) is 1.53. The lowest BCUT2D eigenvalue weighted by molar-refractivity contribution is 0.0733. The summed E-state index contributed by atoms with van der Waals surface area (Å²) >= 11 is 3.34. The van der Waals surface area contributed by atoms with Gasteiger partial charge in [0.25, 0.3) is 0 Å². The number of ketones is 1. The van der Waals surface area contributed by atoms with Crippen molar-refractivity contribution in [3.8, 4) is 11.5 Å². The van der Waals surface area contributed by atoms with E-state index >= 15 is 0 Å². The highest BCUT2D eigenvalue weighted by atomic mass is 79.9. The second kappa shape index (κ2) is 7.13. The molecule has 0 saturated carbocycles. The molecule has 140 valence electrons. The summed E-state index contributed by atoms with van der Waals surface area (Å²) in [6, 6.07) is 13.8. The maximum absolute atomic E-state index is 12.7. The number of Topliss-reactive ketones (excluding diaryl/α,β-unsaturated/α-hetero) is 1. The Bertz CT molecular complexity index is 1140. The van der Waals surface area contributed by atoms with Gasteiger partial charge in [-0.15, -0.1) is 0 Å². The van der Waals surface area contributed by atoms with Crippen molar-refractivity contribution in [1.29, 1.82) is 0 Å². The van der Waals surface area contributed by atoms with Crippen molar-refractivity contribution in [3.63, 3.8) is 0 Å². The van der Waals surface area contributed by atoms with Gasteiger partial charge in [0.1, 0.15) is 23.0 Å². The third kappa shape index (κ3) is 3.39. The van der Waals surface area contributed by atoms with Crippen LogP contribution in [-0.4, -0.2) is 11.8 Å². The first kappa shape index (κ1) is 18.3. The summed E-state index contributed by atoms with van der Waals surface area (Å²) in [5.74, 6) is 1.37. The van der Waals surface area contributed by atoms with Crippen LogP contribution >= 0.6 is 15.9 Å². The number of esters is 1. The highest BCUT2D eigenvalue weighted by Gasteiger charge is 2.30. The standard InChI is InChI=1S/C22H15BrO5/c1-12-9-15(27-22(25)16-5-3-4-6-17(16)23)11-18-20(12)21(24)19(28-18)10-14-8-7-13(2)26-14/h3-11H,1-2H3/b19-10-. The van der Waals surface area contributed by atoms with Crippen LogP contribution in [0.15, 0.2) is 63.2 Å². The van der Waals surface area contributed by atoms with Crippen LogP contribution in [0.3, 0.4) is 0 Å². The molecule has 0 amide bonds. The molecule has 4 rings (SSSR count). The summed E-state index contributed by atoms with van der Waals surface area (Å²) in [4.78, 5) is 25.1. The van der Waals surface area contributed by atoms with E-state index in [4.69, 9.17) is 13.9 Å². The lowest BCUT2D eigenvalue weighted by atomic mass is 10.0. The molecule has 2 aromatic carbocycles. The molecule has 0 N–H and O–H groups in total. The van der Waals surface area contributed by atoms with E-state index < -0.39 is 5.97 Å². The van der Waals surface area contributed by atoms with E-state index in [1.807, 2.05) is 19.1 Å². The number of carbonyl (C=O) groups is 2. The summed E-state index contributed by atoms with van der Waals surface area (Å²) in [6.45, 7) is 3.60. The minimum absolute atomic E-state index is 0.168. The number of benzene rings is 2. The van der Waals surface area contributed by atoms with Crippen LogP contribution < -0.4 is 9.47 Å². The average molecular weight is 439 g/mol. The van der Waals surface area contributed by atoms with Gasteiger partial charge in [-0.05, 0) is 65.7 Å². The highest BCUT2D eigenvalue weighted by molar-refractivity contribution is 9.10. The maximum atomic E-state index is 12.7. The number of carbonyl (C=O) groups excluding carboxylic acids is 2. The molecule has 2 heterocycles. The van der Waals surface area contributed by atoms with E-state index in [2.05, 4.69) is 15.9 Å². The quantitative estimate of drug-likeness (QED) is 0.307. The van der Waals surface area contributed by atoms with Crippen LogP contribution in [0.4, 0.5) is 0 Å². The van der Waals surface area contributed by atoms with Gasteiger partial charge in [0.2, 0.25) is 5.78 Å². The molecule has 6 heteroatoms. The van der Waals surface area contributed by atoms with Gasteiger partial charge in [0, 0.05) is 16.6 Å². The number of hydrogen-bond donors (Lipinski definition) is 0. The molecule has 1 aromatic heterocycles. The van der Waals surface area contributed by atoms with E-state index in [9.17, 15) is 9.59 Å². The number of hydrogen-bond acceptors (Lipinski definition) is 5. The van der Waals surface area contributed by atoms with Gasteiger partial charge in [0.05, 0.1) is 11.1 Å². The second-order valence-electron chi connectivity index (χ2n) is 6.37. The van der Waals surface area contributed by atoms with Crippen molar-refractivity contribution in [1.82, 2.24) is 0 Å². The predicted molar refractivity (Wildman–Crippen MR) is 107 cm³/mol. The first-order chi connectivity index (χ1) is 13.4. The topological polar surface area (TPSA) is 65.7 Å². The van der Waals surface area contributed by atoms with E-state index in [1.54, 1.807) is 49.4 Å². The molecule has 0 fully saturated rings. The van der Waals surface area contributed by atoms with Crippen molar-refractivity contribution in [3.05, 3.63) is 87.0 Å². The molecule has 0 unspecified atom stereocenters. The number of furan rings is 1. The Hall–Kier alpha value is -3.12. The largest absolute Gasteiger partial charge is 0.462 e. The molecule has 0 atom stereocenters. The molecule has 0 spiro atoms. The number of allylic oxidation sites excluding steroid dienone is 1. The Morgan fingerprint density at radius 3 is 2.61 bits per heavy atom. The third-order valence-corrected chi connectivity index (χ3v) is 4.97. The van der Waals surface area contributed by atoms with E-state index in [0.29, 0.717) is 38.4 Å². The maximum Gasteiger partial charge on any atom is 0.344 e. The number of aryl methyl sites for hydroxylation is 2. The molecule has 0 radical (unpaired) electrons. The molecular formula is C22H15BrO5.